The summed E-state index contributed by atoms with van der Waals surface area (Å²) >= 11 is 0. The molecule has 0 saturated heterocycles. The van der Waals surface area contributed by atoms with Crippen molar-refractivity contribution >= 4 is 0 Å². The highest BCUT2D eigenvalue weighted by molar-refractivity contribution is 5.43. The van der Waals surface area contributed by atoms with Crippen molar-refractivity contribution in [3.63, 3.8) is 0 Å². The third kappa shape index (κ3) is 8.04. The van der Waals surface area contributed by atoms with Crippen LogP contribution < -0.4 is 14.8 Å². The summed E-state index contributed by atoms with van der Waals surface area (Å²) in [5, 5.41) is 3.49. The third-order valence-electron chi connectivity index (χ3n) is 4.76. The lowest BCUT2D eigenvalue weighted by Gasteiger charge is -2.13. The molecule has 0 aliphatic carbocycles. The Balaban J connectivity index is 1.74. The molecule has 0 bridgehead atoms. The van der Waals surface area contributed by atoms with Crippen LogP contribution in [0.2, 0.25) is 0 Å². The van der Waals surface area contributed by atoms with E-state index < -0.39 is 0 Å². The summed E-state index contributed by atoms with van der Waals surface area (Å²) in [6, 6.07) is 14.8. The highest BCUT2D eigenvalue weighted by Crippen LogP contribution is 2.28. The van der Waals surface area contributed by atoms with Gasteiger partial charge in [0, 0.05) is 13.1 Å². The van der Waals surface area contributed by atoms with Crippen LogP contribution in [0.4, 0.5) is 0 Å². The number of hydrogen-bond donors (Lipinski definition) is 1. The van der Waals surface area contributed by atoms with Gasteiger partial charge in [0.15, 0.2) is 11.5 Å². The van der Waals surface area contributed by atoms with E-state index in [-0.39, 0.29) is 0 Å². The van der Waals surface area contributed by atoms with Gasteiger partial charge in [-0.1, -0.05) is 74.9 Å². The summed E-state index contributed by atoms with van der Waals surface area (Å²) in [5.41, 5.74) is 3.79. The molecule has 0 fully saturated rings. The normalized spacial score (nSPS) is 10.8. The van der Waals surface area contributed by atoms with E-state index in [0.29, 0.717) is 0 Å². The smallest absolute Gasteiger partial charge is 0.161 e. The molecule has 0 amide bonds. The largest absolute Gasteiger partial charge is 0.493 e. The zero-order valence-corrected chi connectivity index (χ0v) is 17.2. The van der Waals surface area contributed by atoms with E-state index >= 15 is 0 Å². The average molecular weight is 370 g/mol. The van der Waals surface area contributed by atoms with Gasteiger partial charge in [0.1, 0.15) is 0 Å². The predicted octanol–water partition coefficient (Wildman–Crippen LogP) is 6.03. The number of methoxy groups -OCH3 is 1. The van der Waals surface area contributed by atoms with Gasteiger partial charge in [0.25, 0.3) is 0 Å². The maximum absolute atomic E-state index is 5.93. The van der Waals surface area contributed by atoms with Gasteiger partial charge in [-0.2, -0.15) is 0 Å². The van der Waals surface area contributed by atoms with Crippen LogP contribution >= 0.6 is 0 Å². The van der Waals surface area contributed by atoms with Gasteiger partial charge in [-0.15, -0.1) is 0 Å². The number of aryl methyl sites for hydroxylation is 1. The number of benzene rings is 2. The van der Waals surface area contributed by atoms with Crippen molar-refractivity contribution in [1.29, 1.82) is 0 Å². The first kappa shape index (κ1) is 21.3. The minimum atomic E-state index is 0.757. The minimum absolute atomic E-state index is 0.757. The molecule has 27 heavy (non-hydrogen) atoms. The SMILES string of the molecule is CCCCCCCCOc1ccc(CNCc2ccc(C)cc2)cc1OC. The van der Waals surface area contributed by atoms with Crippen LogP contribution in [0, 0.1) is 6.92 Å². The molecule has 2 rings (SSSR count). The molecule has 0 unspecified atom stereocenters. The summed E-state index contributed by atoms with van der Waals surface area (Å²) < 4.78 is 11.5. The first-order chi connectivity index (χ1) is 13.2. The lowest BCUT2D eigenvalue weighted by Crippen LogP contribution is -2.12. The minimum Gasteiger partial charge on any atom is -0.493 e. The second-order valence-electron chi connectivity index (χ2n) is 7.19. The van der Waals surface area contributed by atoms with Crippen molar-refractivity contribution in [2.24, 2.45) is 0 Å². The lowest BCUT2D eigenvalue weighted by atomic mass is 10.1. The molecule has 0 saturated carbocycles. The van der Waals surface area contributed by atoms with E-state index in [2.05, 4.69) is 55.6 Å². The summed E-state index contributed by atoms with van der Waals surface area (Å²) in [7, 11) is 1.70. The molecule has 2 aromatic rings. The zero-order valence-electron chi connectivity index (χ0n) is 17.2. The number of unbranched alkanes of at least 4 members (excludes halogenated alkanes) is 5. The van der Waals surface area contributed by atoms with Crippen LogP contribution in [0.25, 0.3) is 0 Å². The van der Waals surface area contributed by atoms with Crippen LogP contribution in [-0.2, 0) is 13.1 Å². The van der Waals surface area contributed by atoms with Crippen molar-refractivity contribution in [1.82, 2.24) is 5.32 Å². The molecule has 148 valence electrons. The Kier molecular flexibility index (Phi) is 9.78. The highest BCUT2D eigenvalue weighted by atomic mass is 16.5. The fourth-order valence-corrected chi connectivity index (χ4v) is 3.06. The fraction of sp³-hybridized carbons (Fsp3) is 0.500. The predicted molar refractivity (Wildman–Crippen MR) is 114 cm³/mol. The molecule has 3 heteroatoms. The molecule has 0 radical (unpaired) electrons. The maximum Gasteiger partial charge on any atom is 0.161 e. The van der Waals surface area contributed by atoms with Crippen LogP contribution in [-0.4, -0.2) is 13.7 Å². The van der Waals surface area contributed by atoms with Gasteiger partial charge >= 0.3 is 0 Å². The zero-order chi connectivity index (χ0) is 19.3. The van der Waals surface area contributed by atoms with Gasteiger partial charge in [-0.25, -0.2) is 0 Å². The Hall–Kier alpha value is -2.00. The van der Waals surface area contributed by atoms with Crippen molar-refractivity contribution in [2.45, 2.75) is 65.5 Å². The van der Waals surface area contributed by atoms with Gasteiger partial charge in [-0.05, 0) is 36.6 Å². The summed E-state index contributed by atoms with van der Waals surface area (Å²) in [6.45, 7) is 6.78. The lowest BCUT2D eigenvalue weighted by molar-refractivity contribution is 0.284. The van der Waals surface area contributed by atoms with Gasteiger partial charge in [-0.3, -0.25) is 0 Å². The molecule has 3 nitrogen and oxygen atoms in total. The van der Waals surface area contributed by atoms with Crippen molar-refractivity contribution in [3.05, 3.63) is 59.2 Å². The highest BCUT2D eigenvalue weighted by Gasteiger charge is 2.06. The van der Waals surface area contributed by atoms with Crippen molar-refractivity contribution < 1.29 is 9.47 Å². The Morgan fingerprint density at radius 2 is 1.44 bits per heavy atom. The summed E-state index contributed by atoms with van der Waals surface area (Å²) in [4.78, 5) is 0. The van der Waals surface area contributed by atoms with E-state index in [0.717, 1.165) is 37.6 Å². The Morgan fingerprint density at radius 3 is 2.19 bits per heavy atom. The molecule has 0 atom stereocenters. The summed E-state index contributed by atoms with van der Waals surface area (Å²) in [6.07, 6.45) is 7.62. The van der Waals surface area contributed by atoms with Crippen LogP contribution in [0.5, 0.6) is 11.5 Å². The average Bonchev–Trinajstić information content (AvgIpc) is 2.69. The number of rotatable bonds is 13. The summed E-state index contributed by atoms with van der Waals surface area (Å²) in [5.74, 6) is 1.66. The molecule has 0 aromatic heterocycles. The molecule has 0 heterocycles. The first-order valence-corrected chi connectivity index (χ1v) is 10.3. The van der Waals surface area contributed by atoms with E-state index in [4.69, 9.17) is 9.47 Å². The quantitative estimate of drug-likeness (QED) is 0.437. The second-order valence-corrected chi connectivity index (χ2v) is 7.19. The van der Waals surface area contributed by atoms with E-state index in [1.807, 2.05) is 6.07 Å². The van der Waals surface area contributed by atoms with Crippen LogP contribution in [0.1, 0.15) is 62.1 Å². The number of ether oxygens (including phenoxy) is 2. The Bertz CT molecular complexity index is 652. The molecule has 1 N–H and O–H groups in total. The van der Waals surface area contributed by atoms with E-state index in [1.165, 1.54) is 48.8 Å². The molecule has 0 spiro atoms. The van der Waals surface area contributed by atoms with Crippen LogP contribution in [0.3, 0.4) is 0 Å². The number of hydrogen-bond acceptors (Lipinski definition) is 3. The van der Waals surface area contributed by atoms with E-state index in [9.17, 15) is 0 Å². The first-order valence-electron chi connectivity index (χ1n) is 10.3. The monoisotopic (exact) mass is 369 g/mol. The second kappa shape index (κ2) is 12.4. The molecular weight excluding hydrogens is 334 g/mol. The maximum atomic E-state index is 5.93. The molecule has 0 aliphatic rings. The standard InChI is InChI=1S/C24H35NO2/c1-4-5-6-7-8-9-16-27-23-15-14-22(17-24(23)26-3)19-25-18-21-12-10-20(2)11-13-21/h10-15,17,25H,4-9,16,18-19H2,1-3H3. The van der Waals surface area contributed by atoms with Crippen molar-refractivity contribution in [2.75, 3.05) is 13.7 Å². The fourth-order valence-electron chi connectivity index (χ4n) is 3.06. The molecule has 2 aromatic carbocycles. The van der Waals surface area contributed by atoms with Gasteiger partial charge in [0.2, 0.25) is 0 Å². The Labute approximate surface area is 165 Å². The number of nitrogens with one attached hydrogen (secondary N) is 1. The van der Waals surface area contributed by atoms with E-state index in [1.54, 1.807) is 7.11 Å². The van der Waals surface area contributed by atoms with Crippen molar-refractivity contribution in [3.8, 4) is 11.5 Å². The molecular formula is C24H35NO2. The molecule has 0 aliphatic heterocycles. The van der Waals surface area contributed by atoms with Gasteiger partial charge < -0.3 is 14.8 Å². The third-order valence-corrected chi connectivity index (χ3v) is 4.76. The topological polar surface area (TPSA) is 30.5 Å². The van der Waals surface area contributed by atoms with Crippen LogP contribution in [0.15, 0.2) is 42.5 Å². The Morgan fingerprint density at radius 1 is 0.778 bits per heavy atom. The van der Waals surface area contributed by atoms with Gasteiger partial charge in [0.05, 0.1) is 13.7 Å².